The zero-order valence-corrected chi connectivity index (χ0v) is 12.2. The van der Waals surface area contributed by atoms with Crippen molar-refractivity contribution in [2.45, 2.75) is 52.5 Å². The van der Waals surface area contributed by atoms with E-state index in [9.17, 15) is 0 Å². The van der Waals surface area contributed by atoms with Crippen molar-refractivity contribution in [3.05, 3.63) is 34.3 Å². The molecule has 2 heteroatoms. The summed E-state index contributed by atoms with van der Waals surface area (Å²) in [6.45, 7) is 9.73. The summed E-state index contributed by atoms with van der Waals surface area (Å²) in [5, 5.41) is 4.39. The monoisotopic (exact) mass is 253 g/mol. The van der Waals surface area contributed by atoms with E-state index in [0.29, 0.717) is 0 Å². The molecule has 0 bridgehead atoms. The van der Waals surface area contributed by atoms with Gasteiger partial charge in [-0.3, -0.25) is 0 Å². The lowest BCUT2D eigenvalue weighted by Gasteiger charge is -2.20. The average molecular weight is 254 g/mol. The van der Waals surface area contributed by atoms with Crippen molar-refractivity contribution in [3.8, 4) is 0 Å². The summed E-state index contributed by atoms with van der Waals surface area (Å²) >= 11 is 6.10. The second-order valence-electron chi connectivity index (χ2n) is 5.72. The molecule has 0 radical (unpaired) electrons. The quantitative estimate of drug-likeness (QED) is 0.769. The van der Waals surface area contributed by atoms with Gasteiger partial charge in [-0.2, -0.15) is 0 Å². The van der Waals surface area contributed by atoms with Crippen LogP contribution in [0.1, 0.15) is 44.7 Å². The van der Waals surface area contributed by atoms with E-state index >= 15 is 0 Å². The molecule has 0 aromatic heterocycles. The molecule has 0 aliphatic carbocycles. The molecule has 17 heavy (non-hydrogen) atoms. The van der Waals surface area contributed by atoms with E-state index in [-0.39, 0.29) is 5.54 Å². The molecule has 1 N–H and O–H groups in total. The first-order chi connectivity index (χ1) is 7.88. The fourth-order valence-corrected chi connectivity index (χ4v) is 1.91. The molecule has 0 fully saturated rings. The summed E-state index contributed by atoms with van der Waals surface area (Å²) in [6.07, 6.45) is 3.54. The highest BCUT2D eigenvalue weighted by molar-refractivity contribution is 6.31. The van der Waals surface area contributed by atoms with Crippen molar-refractivity contribution in [2.75, 3.05) is 6.54 Å². The SMILES string of the molecule is Cc1ccc(CCCCNC(C)(C)C)cc1Cl. The third kappa shape index (κ3) is 6.09. The van der Waals surface area contributed by atoms with Crippen molar-refractivity contribution < 1.29 is 0 Å². The molecule has 96 valence electrons. The maximum atomic E-state index is 6.10. The van der Waals surface area contributed by atoms with E-state index in [1.54, 1.807) is 0 Å². The highest BCUT2D eigenvalue weighted by Gasteiger charge is 2.07. The minimum atomic E-state index is 0.229. The van der Waals surface area contributed by atoms with Crippen LogP contribution in [0.25, 0.3) is 0 Å². The van der Waals surface area contributed by atoms with Crippen LogP contribution in [0.2, 0.25) is 5.02 Å². The summed E-state index contributed by atoms with van der Waals surface area (Å²) in [7, 11) is 0. The molecule has 1 aromatic carbocycles. The normalized spacial score (nSPS) is 11.8. The molecule has 0 unspecified atom stereocenters. The van der Waals surface area contributed by atoms with Gasteiger partial charge in [0.05, 0.1) is 0 Å². The van der Waals surface area contributed by atoms with Crippen LogP contribution in [-0.2, 0) is 6.42 Å². The molecule has 1 aromatic rings. The summed E-state index contributed by atoms with van der Waals surface area (Å²) in [6, 6.07) is 6.37. The Morgan fingerprint density at radius 3 is 2.47 bits per heavy atom. The largest absolute Gasteiger partial charge is 0.312 e. The van der Waals surface area contributed by atoms with E-state index in [1.165, 1.54) is 18.4 Å². The predicted octanol–water partition coefficient (Wildman–Crippen LogP) is 4.36. The van der Waals surface area contributed by atoms with Crippen molar-refractivity contribution in [2.24, 2.45) is 0 Å². The van der Waals surface area contributed by atoms with Gasteiger partial charge in [-0.05, 0) is 70.7 Å². The van der Waals surface area contributed by atoms with Gasteiger partial charge in [-0.15, -0.1) is 0 Å². The number of benzene rings is 1. The highest BCUT2D eigenvalue weighted by Crippen LogP contribution is 2.17. The Labute approximate surface area is 111 Å². The van der Waals surface area contributed by atoms with Gasteiger partial charge >= 0.3 is 0 Å². The summed E-state index contributed by atoms with van der Waals surface area (Å²) in [5.74, 6) is 0. The molecule has 0 atom stereocenters. The third-order valence-corrected chi connectivity index (χ3v) is 3.19. The smallest absolute Gasteiger partial charge is 0.0437 e. The number of unbranched alkanes of at least 4 members (excludes halogenated alkanes) is 1. The standard InChI is InChI=1S/C15H24ClN/c1-12-8-9-13(11-14(12)16)7-5-6-10-17-15(2,3)4/h8-9,11,17H,5-7,10H2,1-4H3. The number of rotatable bonds is 5. The molecular formula is C15H24ClN. The first kappa shape index (κ1) is 14.5. The third-order valence-electron chi connectivity index (χ3n) is 2.78. The van der Waals surface area contributed by atoms with Crippen molar-refractivity contribution >= 4 is 11.6 Å². The van der Waals surface area contributed by atoms with Crippen LogP contribution in [0.5, 0.6) is 0 Å². The second kappa shape index (κ2) is 6.42. The Morgan fingerprint density at radius 2 is 1.88 bits per heavy atom. The topological polar surface area (TPSA) is 12.0 Å². The van der Waals surface area contributed by atoms with Crippen LogP contribution < -0.4 is 5.32 Å². The first-order valence-electron chi connectivity index (χ1n) is 6.38. The van der Waals surface area contributed by atoms with Gasteiger partial charge in [0, 0.05) is 10.6 Å². The van der Waals surface area contributed by atoms with E-state index < -0.39 is 0 Å². The first-order valence-corrected chi connectivity index (χ1v) is 6.76. The van der Waals surface area contributed by atoms with Crippen LogP contribution >= 0.6 is 11.6 Å². The summed E-state index contributed by atoms with van der Waals surface area (Å²) in [5.41, 5.74) is 2.73. The lowest BCUT2D eigenvalue weighted by Crippen LogP contribution is -2.36. The fourth-order valence-electron chi connectivity index (χ4n) is 1.71. The summed E-state index contributed by atoms with van der Waals surface area (Å²) in [4.78, 5) is 0. The minimum absolute atomic E-state index is 0.229. The molecule has 0 saturated heterocycles. The van der Waals surface area contributed by atoms with Gasteiger partial charge in [-0.1, -0.05) is 23.7 Å². The number of halogens is 1. The Hall–Kier alpha value is -0.530. The van der Waals surface area contributed by atoms with Crippen LogP contribution in [0.4, 0.5) is 0 Å². The van der Waals surface area contributed by atoms with Gasteiger partial charge in [0.1, 0.15) is 0 Å². The van der Waals surface area contributed by atoms with Gasteiger partial charge in [0.25, 0.3) is 0 Å². The fraction of sp³-hybridized carbons (Fsp3) is 0.600. The predicted molar refractivity (Wildman–Crippen MR) is 76.9 cm³/mol. The lowest BCUT2D eigenvalue weighted by atomic mass is 10.1. The molecule has 0 aliphatic heterocycles. The molecule has 1 rings (SSSR count). The maximum Gasteiger partial charge on any atom is 0.0437 e. The van der Waals surface area contributed by atoms with Gasteiger partial charge in [0.2, 0.25) is 0 Å². The van der Waals surface area contributed by atoms with Gasteiger partial charge in [-0.25, -0.2) is 0 Å². The Kier molecular flexibility index (Phi) is 5.48. The van der Waals surface area contributed by atoms with Crippen LogP contribution in [-0.4, -0.2) is 12.1 Å². The Morgan fingerprint density at radius 1 is 1.18 bits per heavy atom. The Balaban J connectivity index is 2.25. The molecular weight excluding hydrogens is 230 g/mol. The molecule has 0 amide bonds. The molecule has 0 saturated carbocycles. The average Bonchev–Trinajstić information content (AvgIpc) is 2.21. The highest BCUT2D eigenvalue weighted by atomic mass is 35.5. The number of hydrogen-bond acceptors (Lipinski definition) is 1. The number of hydrogen-bond donors (Lipinski definition) is 1. The minimum Gasteiger partial charge on any atom is -0.312 e. The lowest BCUT2D eigenvalue weighted by molar-refractivity contribution is 0.419. The molecule has 0 spiro atoms. The molecule has 1 nitrogen and oxygen atoms in total. The second-order valence-corrected chi connectivity index (χ2v) is 6.12. The number of nitrogens with one attached hydrogen (secondary N) is 1. The van der Waals surface area contributed by atoms with Crippen LogP contribution in [0.15, 0.2) is 18.2 Å². The van der Waals surface area contributed by atoms with Crippen molar-refractivity contribution in [1.29, 1.82) is 0 Å². The zero-order valence-electron chi connectivity index (χ0n) is 11.4. The van der Waals surface area contributed by atoms with E-state index in [4.69, 9.17) is 11.6 Å². The van der Waals surface area contributed by atoms with Crippen molar-refractivity contribution in [1.82, 2.24) is 5.32 Å². The van der Waals surface area contributed by atoms with Crippen LogP contribution in [0, 0.1) is 6.92 Å². The van der Waals surface area contributed by atoms with E-state index in [2.05, 4.69) is 44.3 Å². The maximum absolute atomic E-state index is 6.10. The van der Waals surface area contributed by atoms with E-state index in [0.717, 1.165) is 23.6 Å². The van der Waals surface area contributed by atoms with E-state index in [1.807, 2.05) is 6.92 Å². The Bertz CT molecular complexity index is 352. The summed E-state index contributed by atoms with van der Waals surface area (Å²) < 4.78 is 0. The molecule has 0 aliphatic rings. The zero-order chi connectivity index (χ0) is 12.9. The van der Waals surface area contributed by atoms with Gasteiger partial charge < -0.3 is 5.32 Å². The van der Waals surface area contributed by atoms with Crippen molar-refractivity contribution in [3.63, 3.8) is 0 Å². The molecule has 0 heterocycles. The van der Waals surface area contributed by atoms with Gasteiger partial charge in [0.15, 0.2) is 0 Å². The van der Waals surface area contributed by atoms with Crippen LogP contribution in [0.3, 0.4) is 0 Å². The number of aryl methyl sites for hydroxylation is 2.